The van der Waals surface area contributed by atoms with Gasteiger partial charge in [0.15, 0.2) is 0 Å². The first kappa shape index (κ1) is 13.4. The van der Waals surface area contributed by atoms with Crippen LogP contribution in [0.4, 0.5) is 18.9 Å². The van der Waals surface area contributed by atoms with E-state index >= 15 is 0 Å². The van der Waals surface area contributed by atoms with Crippen molar-refractivity contribution in [3.63, 3.8) is 0 Å². The number of halogens is 3. The molecule has 1 aliphatic rings. The van der Waals surface area contributed by atoms with Gasteiger partial charge in [-0.05, 0) is 30.2 Å². The summed E-state index contributed by atoms with van der Waals surface area (Å²) in [5.41, 5.74) is 0.999. The van der Waals surface area contributed by atoms with Gasteiger partial charge in [-0.15, -0.1) is 0 Å². The number of alkyl halides is 3. The fourth-order valence-corrected chi connectivity index (χ4v) is 2.06. The van der Waals surface area contributed by atoms with E-state index in [1.165, 1.54) is 18.2 Å². The van der Waals surface area contributed by atoms with Crippen molar-refractivity contribution >= 4 is 17.6 Å². The molecule has 1 aromatic rings. The highest BCUT2D eigenvalue weighted by Gasteiger charge is 2.35. The maximum Gasteiger partial charge on any atom is 0.397 e. The lowest BCUT2D eigenvalue weighted by atomic mass is 10.1. The maximum atomic E-state index is 12.2. The molecule has 1 amide bonds. The first-order chi connectivity index (χ1) is 8.78. The molecule has 0 aliphatic carbocycles. The Morgan fingerprint density at radius 1 is 1.32 bits per heavy atom. The molecule has 102 valence electrons. The van der Waals surface area contributed by atoms with E-state index in [0.29, 0.717) is 17.7 Å². The number of anilines is 1. The number of hydrogen-bond donors (Lipinski definition) is 1. The van der Waals surface area contributed by atoms with Crippen LogP contribution in [0.2, 0.25) is 0 Å². The zero-order chi connectivity index (χ0) is 14.2. The Morgan fingerprint density at radius 2 is 2.00 bits per heavy atom. The minimum absolute atomic E-state index is 0.0591. The standard InChI is InChI=1S/C12H10F3NO3/c13-12(14,15)6-10(17)16-4-3-7-5-8(11(18)19)1-2-9(7)16/h1-2,5H,3-4,6H2,(H,18,19). The summed E-state index contributed by atoms with van der Waals surface area (Å²) in [6, 6.07) is 4.04. The van der Waals surface area contributed by atoms with Gasteiger partial charge in [0.1, 0.15) is 6.42 Å². The largest absolute Gasteiger partial charge is 0.478 e. The van der Waals surface area contributed by atoms with Crippen molar-refractivity contribution in [2.45, 2.75) is 19.0 Å². The molecular formula is C12H10F3NO3. The average molecular weight is 273 g/mol. The van der Waals surface area contributed by atoms with Crippen LogP contribution < -0.4 is 4.90 Å². The molecule has 1 aliphatic heterocycles. The summed E-state index contributed by atoms with van der Waals surface area (Å²) in [6.07, 6.45) is -5.69. The second kappa shape index (κ2) is 4.56. The second-order valence-corrected chi connectivity index (χ2v) is 4.24. The van der Waals surface area contributed by atoms with Crippen LogP contribution >= 0.6 is 0 Å². The van der Waals surface area contributed by atoms with Gasteiger partial charge in [0.05, 0.1) is 5.56 Å². The predicted octanol–water partition coefficient (Wildman–Crippen LogP) is 2.23. The molecule has 19 heavy (non-hydrogen) atoms. The normalized spacial score (nSPS) is 14.4. The Labute approximate surface area is 106 Å². The highest BCUT2D eigenvalue weighted by atomic mass is 19.4. The maximum absolute atomic E-state index is 12.2. The van der Waals surface area contributed by atoms with Gasteiger partial charge < -0.3 is 10.0 Å². The number of fused-ring (bicyclic) bond motifs is 1. The molecule has 4 nitrogen and oxygen atoms in total. The molecule has 0 radical (unpaired) electrons. The van der Waals surface area contributed by atoms with Crippen molar-refractivity contribution in [3.8, 4) is 0 Å². The van der Waals surface area contributed by atoms with E-state index in [-0.39, 0.29) is 12.1 Å². The third-order valence-corrected chi connectivity index (χ3v) is 2.87. The van der Waals surface area contributed by atoms with Gasteiger partial charge in [-0.25, -0.2) is 4.79 Å². The van der Waals surface area contributed by atoms with E-state index in [1.54, 1.807) is 0 Å². The number of carbonyl (C=O) groups excluding carboxylic acids is 1. The molecule has 7 heteroatoms. The monoisotopic (exact) mass is 273 g/mol. The van der Waals surface area contributed by atoms with Crippen molar-refractivity contribution in [1.82, 2.24) is 0 Å². The topological polar surface area (TPSA) is 57.6 Å². The summed E-state index contributed by atoms with van der Waals surface area (Å²) in [4.78, 5) is 23.4. The number of carboxylic acid groups (broad SMARTS) is 1. The summed E-state index contributed by atoms with van der Waals surface area (Å²) in [7, 11) is 0. The molecule has 1 N–H and O–H groups in total. The molecule has 0 spiro atoms. The highest BCUT2D eigenvalue weighted by Crippen LogP contribution is 2.31. The number of nitrogens with zero attached hydrogens (tertiary/aromatic N) is 1. The Bertz CT molecular complexity index is 540. The smallest absolute Gasteiger partial charge is 0.397 e. The third-order valence-electron chi connectivity index (χ3n) is 2.87. The van der Waals surface area contributed by atoms with E-state index in [0.717, 1.165) is 4.90 Å². The lowest BCUT2D eigenvalue weighted by molar-refractivity contribution is -0.151. The minimum Gasteiger partial charge on any atom is -0.478 e. The highest BCUT2D eigenvalue weighted by molar-refractivity contribution is 5.97. The zero-order valence-corrected chi connectivity index (χ0v) is 9.70. The van der Waals surface area contributed by atoms with Crippen molar-refractivity contribution in [2.75, 3.05) is 11.4 Å². The molecule has 1 aromatic carbocycles. The zero-order valence-electron chi connectivity index (χ0n) is 9.70. The summed E-state index contributed by atoms with van der Waals surface area (Å²) >= 11 is 0. The second-order valence-electron chi connectivity index (χ2n) is 4.24. The van der Waals surface area contributed by atoms with Gasteiger partial charge in [-0.1, -0.05) is 0 Å². The molecule has 0 saturated heterocycles. The molecule has 1 heterocycles. The molecule has 0 atom stereocenters. The van der Waals surface area contributed by atoms with Crippen molar-refractivity contribution in [1.29, 1.82) is 0 Å². The first-order valence-corrected chi connectivity index (χ1v) is 5.51. The van der Waals surface area contributed by atoms with E-state index in [1.807, 2.05) is 0 Å². The van der Waals surface area contributed by atoms with Gasteiger partial charge >= 0.3 is 12.1 Å². The van der Waals surface area contributed by atoms with Crippen LogP contribution in [0.1, 0.15) is 22.3 Å². The minimum atomic E-state index is -4.54. The SMILES string of the molecule is O=C(O)c1ccc2c(c1)CCN2C(=O)CC(F)(F)F. The van der Waals surface area contributed by atoms with Crippen LogP contribution in [-0.4, -0.2) is 29.7 Å². The average Bonchev–Trinajstić information content (AvgIpc) is 2.68. The fourth-order valence-electron chi connectivity index (χ4n) is 2.06. The third kappa shape index (κ3) is 2.86. The van der Waals surface area contributed by atoms with Crippen molar-refractivity contribution in [3.05, 3.63) is 29.3 Å². The van der Waals surface area contributed by atoms with Gasteiger partial charge in [-0.2, -0.15) is 13.2 Å². The van der Waals surface area contributed by atoms with Crippen LogP contribution in [0.15, 0.2) is 18.2 Å². The first-order valence-electron chi connectivity index (χ1n) is 5.51. The Balaban J connectivity index is 2.23. The number of hydrogen-bond acceptors (Lipinski definition) is 2. The quantitative estimate of drug-likeness (QED) is 0.898. The van der Waals surface area contributed by atoms with E-state index < -0.39 is 24.5 Å². The molecule has 0 bridgehead atoms. The lowest BCUT2D eigenvalue weighted by Gasteiger charge is -2.18. The Morgan fingerprint density at radius 3 is 2.58 bits per heavy atom. The van der Waals surface area contributed by atoms with Crippen LogP contribution in [0.25, 0.3) is 0 Å². The summed E-state index contributed by atoms with van der Waals surface area (Å²) in [5, 5.41) is 8.81. The number of aromatic carboxylic acids is 1. The summed E-state index contributed by atoms with van der Waals surface area (Å²) < 4.78 is 36.5. The molecule has 0 fully saturated rings. The van der Waals surface area contributed by atoms with Gasteiger partial charge in [0.25, 0.3) is 0 Å². The van der Waals surface area contributed by atoms with Gasteiger partial charge in [-0.3, -0.25) is 4.79 Å². The molecule has 0 unspecified atom stereocenters. The van der Waals surface area contributed by atoms with Gasteiger partial charge in [0, 0.05) is 12.2 Å². The number of rotatable bonds is 2. The van der Waals surface area contributed by atoms with Crippen molar-refractivity contribution < 1.29 is 27.9 Å². The molecule has 0 saturated carbocycles. The Kier molecular flexibility index (Phi) is 3.21. The number of benzene rings is 1. The summed E-state index contributed by atoms with van der Waals surface area (Å²) in [6.45, 7) is 0.146. The van der Waals surface area contributed by atoms with Crippen LogP contribution in [0.3, 0.4) is 0 Å². The van der Waals surface area contributed by atoms with Crippen LogP contribution in [0.5, 0.6) is 0 Å². The number of carboxylic acids is 1. The van der Waals surface area contributed by atoms with Crippen LogP contribution in [0, 0.1) is 0 Å². The molecule has 2 rings (SSSR count). The van der Waals surface area contributed by atoms with E-state index in [9.17, 15) is 22.8 Å². The lowest BCUT2D eigenvalue weighted by Crippen LogP contribution is -2.32. The number of amides is 1. The fraction of sp³-hybridized carbons (Fsp3) is 0.333. The van der Waals surface area contributed by atoms with Crippen LogP contribution in [-0.2, 0) is 11.2 Å². The van der Waals surface area contributed by atoms with E-state index in [4.69, 9.17) is 5.11 Å². The number of carbonyl (C=O) groups is 2. The Hall–Kier alpha value is -2.05. The predicted molar refractivity (Wildman–Crippen MR) is 60.1 cm³/mol. The van der Waals surface area contributed by atoms with E-state index in [2.05, 4.69) is 0 Å². The molecule has 0 aromatic heterocycles. The molecular weight excluding hydrogens is 263 g/mol. The summed E-state index contributed by atoms with van der Waals surface area (Å²) in [5.74, 6) is -2.13. The van der Waals surface area contributed by atoms with Crippen molar-refractivity contribution in [2.24, 2.45) is 0 Å². The van der Waals surface area contributed by atoms with Gasteiger partial charge in [0.2, 0.25) is 5.91 Å².